The Balaban J connectivity index is 2.11. The van der Waals surface area contributed by atoms with Crippen LogP contribution in [0, 0.1) is 0 Å². The van der Waals surface area contributed by atoms with E-state index in [4.69, 9.17) is 0 Å². The third kappa shape index (κ3) is 4.10. The number of hydrogen-bond donors (Lipinski definition) is 1. The molecule has 0 fully saturated rings. The molecule has 2 aromatic rings. The average Bonchev–Trinajstić information content (AvgIpc) is 2.92. The van der Waals surface area contributed by atoms with Gasteiger partial charge in [0.2, 0.25) is 5.91 Å². The molecule has 0 aliphatic heterocycles. The van der Waals surface area contributed by atoms with Gasteiger partial charge < -0.3 is 5.32 Å². The fourth-order valence-corrected chi connectivity index (χ4v) is 2.15. The second-order valence-corrected chi connectivity index (χ2v) is 4.95. The summed E-state index contributed by atoms with van der Waals surface area (Å²) in [5.41, 5.74) is 1.06. The van der Waals surface area contributed by atoms with Crippen molar-refractivity contribution < 1.29 is 4.79 Å². The Hall–Kier alpha value is -1.82. The highest BCUT2D eigenvalue weighted by Gasteiger charge is 2.15. The van der Waals surface area contributed by atoms with Crippen LogP contribution in [0.3, 0.4) is 0 Å². The first-order valence-corrected chi connectivity index (χ1v) is 7.34. The maximum Gasteiger partial charge on any atom is 0.230 e. The van der Waals surface area contributed by atoms with Crippen molar-refractivity contribution in [3.8, 4) is 0 Å². The molecule has 1 heterocycles. The van der Waals surface area contributed by atoms with Crippen molar-refractivity contribution in [2.45, 2.75) is 12.6 Å². The topological polar surface area (TPSA) is 59.8 Å². The fraction of sp³-hybridized carbons (Fsp3) is 0.308. The highest BCUT2D eigenvalue weighted by Crippen LogP contribution is 2.14. The Morgan fingerprint density at radius 3 is 2.84 bits per heavy atom. The van der Waals surface area contributed by atoms with Crippen LogP contribution in [0.4, 0.5) is 0 Å². The van der Waals surface area contributed by atoms with Gasteiger partial charge >= 0.3 is 0 Å². The van der Waals surface area contributed by atoms with E-state index in [1.807, 2.05) is 36.6 Å². The van der Waals surface area contributed by atoms with E-state index >= 15 is 0 Å². The van der Waals surface area contributed by atoms with E-state index < -0.39 is 0 Å². The lowest BCUT2D eigenvalue weighted by atomic mass is 10.1. The van der Waals surface area contributed by atoms with Gasteiger partial charge in [-0.15, -0.1) is 0 Å². The Morgan fingerprint density at radius 2 is 2.21 bits per heavy atom. The van der Waals surface area contributed by atoms with Gasteiger partial charge in [-0.1, -0.05) is 30.3 Å². The number of carbonyl (C=O) groups excluding carboxylic acids is 1. The molecule has 19 heavy (non-hydrogen) atoms. The molecule has 2 rings (SSSR count). The van der Waals surface area contributed by atoms with Crippen molar-refractivity contribution in [3.05, 3.63) is 48.5 Å². The first-order valence-electron chi connectivity index (χ1n) is 5.95. The van der Waals surface area contributed by atoms with E-state index in [0.29, 0.717) is 12.3 Å². The van der Waals surface area contributed by atoms with E-state index in [0.717, 1.165) is 5.56 Å². The smallest absolute Gasteiger partial charge is 0.230 e. The van der Waals surface area contributed by atoms with Crippen LogP contribution in [0.15, 0.2) is 43.0 Å². The largest absolute Gasteiger partial charge is 0.347 e. The normalized spacial score (nSPS) is 12.1. The third-order valence-corrected chi connectivity index (χ3v) is 3.20. The molecule has 1 amide bonds. The monoisotopic (exact) mass is 276 g/mol. The molecule has 1 aromatic heterocycles. The summed E-state index contributed by atoms with van der Waals surface area (Å²) in [7, 11) is 0. The predicted octanol–water partition coefficient (Wildman–Crippen LogP) is 1.50. The molecule has 0 saturated carbocycles. The van der Waals surface area contributed by atoms with Gasteiger partial charge in [0.15, 0.2) is 0 Å². The summed E-state index contributed by atoms with van der Waals surface area (Å²) in [4.78, 5) is 15.7. The molecule has 0 aliphatic carbocycles. The molecule has 0 unspecified atom stereocenters. The van der Waals surface area contributed by atoms with Crippen molar-refractivity contribution in [2.24, 2.45) is 0 Å². The van der Waals surface area contributed by atoms with Crippen molar-refractivity contribution in [3.63, 3.8) is 0 Å². The van der Waals surface area contributed by atoms with Crippen LogP contribution >= 0.6 is 11.8 Å². The van der Waals surface area contributed by atoms with Gasteiger partial charge in [-0.25, -0.2) is 4.98 Å². The fourth-order valence-electron chi connectivity index (χ4n) is 1.80. The van der Waals surface area contributed by atoms with Gasteiger partial charge in [-0.3, -0.25) is 9.48 Å². The Kier molecular flexibility index (Phi) is 4.97. The van der Waals surface area contributed by atoms with Crippen molar-refractivity contribution in [2.75, 3.05) is 12.0 Å². The molecule has 0 bridgehead atoms. The average molecular weight is 276 g/mol. The molecular formula is C13H16N4OS. The van der Waals surface area contributed by atoms with Crippen LogP contribution in [-0.2, 0) is 11.3 Å². The standard InChI is InChI=1S/C13H16N4OS/c1-19-8-13(18)16-12(7-17-10-14-9-15-17)11-5-3-2-4-6-11/h2-6,9-10,12H,7-8H2,1H3,(H,16,18)/t12-/m0/s1. The van der Waals surface area contributed by atoms with E-state index in [1.54, 1.807) is 11.0 Å². The number of nitrogens with zero attached hydrogens (tertiary/aromatic N) is 3. The number of benzene rings is 1. The molecule has 1 aromatic carbocycles. The van der Waals surface area contributed by atoms with Crippen LogP contribution in [-0.4, -0.2) is 32.7 Å². The SMILES string of the molecule is CSCC(=O)N[C@@H](Cn1cncn1)c1ccccc1. The first-order chi connectivity index (χ1) is 9.29. The van der Waals surface area contributed by atoms with Gasteiger partial charge in [0, 0.05) is 0 Å². The van der Waals surface area contributed by atoms with E-state index in [1.165, 1.54) is 18.1 Å². The molecule has 100 valence electrons. The van der Waals surface area contributed by atoms with Crippen LogP contribution in [0.25, 0.3) is 0 Å². The van der Waals surface area contributed by atoms with Crippen LogP contribution in [0.1, 0.15) is 11.6 Å². The summed E-state index contributed by atoms with van der Waals surface area (Å²) < 4.78 is 1.72. The second-order valence-electron chi connectivity index (χ2n) is 4.08. The van der Waals surface area contributed by atoms with Crippen LogP contribution in [0.5, 0.6) is 0 Å². The summed E-state index contributed by atoms with van der Waals surface area (Å²) in [6, 6.07) is 9.79. The minimum atomic E-state index is -0.0949. The Labute approximate surface area is 116 Å². The summed E-state index contributed by atoms with van der Waals surface area (Å²) in [5, 5.41) is 7.11. The second kappa shape index (κ2) is 6.94. The maximum atomic E-state index is 11.8. The number of rotatable bonds is 6. The van der Waals surface area contributed by atoms with Gasteiger partial charge in [0.1, 0.15) is 12.7 Å². The van der Waals surface area contributed by atoms with Crippen LogP contribution in [0.2, 0.25) is 0 Å². The molecule has 0 radical (unpaired) electrons. The van der Waals surface area contributed by atoms with Crippen LogP contribution < -0.4 is 5.32 Å². The third-order valence-electron chi connectivity index (χ3n) is 2.65. The van der Waals surface area contributed by atoms with Gasteiger partial charge in [0.05, 0.1) is 18.3 Å². The van der Waals surface area contributed by atoms with Gasteiger partial charge in [-0.2, -0.15) is 16.9 Å². The Bertz CT molecular complexity index is 501. The first kappa shape index (κ1) is 13.6. The minimum Gasteiger partial charge on any atom is -0.347 e. The summed E-state index contributed by atoms with van der Waals surface area (Å²) >= 11 is 1.51. The quantitative estimate of drug-likeness (QED) is 0.868. The minimum absolute atomic E-state index is 0.0291. The molecule has 5 nitrogen and oxygen atoms in total. The maximum absolute atomic E-state index is 11.8. The Morgan fingerprint density at radius 1 is 1.42 bits per heavy atom. The molecular weight excluding hydrogens is 260 g/mol. The highest BCUT2D eigenvalue weighted by atomic mass is 32.2. The number of thioether (sulfide) groups is 1. The summed E-state index contributed by atoms with van der Waals surface area (Å²) in [5.74, 6) is 0.488. The lowest BCUT2D eigenvalue weighted by Gasteiger charge is -2.18. The number of nitrogens with one attached hydrogen (secondary N) is 1. The van der Waals surface area contributed by atoms with Gasteiger partial charge in [-0.05, 0) is 11.8 Å². The number of hydrogen-bond acceptors (Lipinski definition) is 4. The zero-order valence-corrected chi connectivity index (χ0v) is 11.5. The van der Waals surface area contributed by atoms with Crippen molar-refractivity contribution >= 4 is 17.7 Å². The molecule has 0 spiro atoms. The number of aromatic nitrogens is 3. The number of amides is 1. The molecule has 0 saturated heterocycles. The van der Waals surface area contributed by atoms with E-state index in [2.05, 4.69) is 15.4 Å². The molecule has 1 atom stereocenters. The summed E-state index contributed by atoms with van der Waals surface area (Å²) in [6.07, 6.45) is 5.05. The van der Waals surface area contributed by atoms with Crippen molar-refractivity contribution in [1.82, 2.24) is 20.1 Å². The van der Waals surface area contributed by atoms with Crippen molar-refractivity contribution in [1.29, 1.82) is 0 Å². The predicted molar refractivity (Wildman–Crippen MR) is 75.7 cm³/mol. The highest BCUT2D eigenvalue weighted by molar-refractivity contribution is 7.99. The lowest BCUT2D eigenvalue weighted by Crippen LogP contribution is -2.32. The zero-order valence-electron chi connectivity index (χ0n) is 10.7. The van der Waals surface area contributed by atoms with Gasteiger partial charge in [0.25, 0.3) is 0 Å². The number of carbonyl (C=O) groups is 1. The van der Waals surface area contributed by atoms with E-state index in [9.17, 15) is 4.79 Å². The zero-order chi connectivity index (χ0) is 13.5. The van der Waals surface area contributed by atoms with E-state index in [-0.39, 0.29) is 11.9 Å². The molecule has 0 aliphatic rings. The lowest BCUT2D eigenvalue weighted by molar-refractivity contribution is -0.119. The summed E-state index contributed by atoms with van der Waals surface area (Å²) in [6.45, 7) is 0.574. The molecule has 6 heteroatoms. The molecule has 1 N–H and O–H groups in total.